The number of likely N-dealkylation sites (tertiary alicyclic amines) is 2. The molecule has 1 aromatic heterocycles. The van der Waals surface area contributed by atoms with E-state index in [1.807, 2.05) is 44.1 Å². The highest BCUT2D eigenvalue weighted by Crippen LogP contribution is 2.26. The van der Waals surface area contributed by atoms with Gasteiger partial charge in [0.05, 0.1) is 6.04 Å². The van der Waals surface area contributed by atoms with Crippen molar-refractivity contribution in [3.8, 4) is 0 Å². The van der Waals surface area contributed by atoms with Gasteiger partial charge in [0, 0.05) is 56.9 Å². The Labute approximate surface area is 183 Å². The van der Waals surface area contributed by atoms with Crippen LogP contribution in [0.15, 0.2) is 39.8 Å². The number of aromatic nitrogens is 2. The first-order chi connectivity index (χ1) is 14.9. The van der Waals surface area contributed by atoms with Gasteiger partial charge in [0.1, 0.15) is 5.84 Å². The number of hydrazone groups is 1. The van der Waals surface area contributed by atoms with E-state index in [1.54, 1.807) is 9.69 Å². The fraction of sp³-hybridized carbons (Fsp3) is 0.545. The van der Waals surface area contributed by atoms with Crippen molar-refractivity contribution in [3.05, 3.63) is 41.1 Å². The highest BCUT2D eigenvalue weighted by atomic mass is 16.2. The third kappa shape index (κ3) is 4.27. The summed E-state index contributed by atoms with van der Waals surface area (Å²) < 4.78 is 1.74. The molecule has 0 radical (unpaired) electrons. The molecule has 2 atom stereocenters. The van der Waals surface area contributed by atoms with Crippen LogP contribution >= 0.6 is 0 Å². The van der Waals surface area contributed by atoms with Crippen LogP contribution in [-0.4, -0.2) is 74.8 Å². The first-order valence-corrected chi connectivity index (χ1v) is 10.9. The van der Waals surface area contributed by atoms with Gasteiger partial charge in [-0.05, 0) is 51.7 Å². The van der Waals surface area contributed by atoms with Gasteiger partial charge in [-0.3, -0.25) is 9.48 Å². The van der Waals surface area contributed by atoms with Crippen LogP contribution in [0.2, 0.25) is 0 Å². The molecule has 0 bridgehead atoms. The van der Waals surface area contributed by atoms with Crippen LogP contribution in [0.25, 0.3) is 0 Å². The van der Waals surface area contributed by atoms with Gasteiger partial charge in [0.2, 0.25) is 0 Å². The number of carbonyl (C=O) groups excluding carboxylic acids is 1. The lowest BCUT2D eigenvalue weighted by molar-refractivity contribution is 0.0655. The van der Waals surface area contributed by atoms with Crippen molar-refractivity contribution in [3.63, 3.8) is 0 Å². The van der Waals surface area contributed by atoms with Gasteiger partial charge in [-0.2, -0.15) is 10.2 Å². The predicted octanol–water partition coefficient (Wildman–Crippen LogP) is 1.83. The standard InChI is InChI=1S/C22H32N8O/c1-15-13-30(24-3)20(25-21(15)28-10-8-17(23)14-28)12-18-7-5-6-9-29(18)22(31)19-11-16(2)27(4)26-19/h11-13,17-18H,3,5-10,14,23H2,1-2,4H3/b20-12-/t17-,18?/m0/s1. The van der Waals surface area contributed by atoms with Crippen molar-refractivity contribution in [2.24, 2.45) is 22.9 Å². The summed E-state index contributed by atoms with van der Waals surface area (Å²) >= 11 is 0. The summed E-state index contributed by atoms with van der Waals surface area (Å²) in [5.41, 5.74) is 8.59. The molecule has 1 amide bonds. The number of hydrogen-bond acceptors (Lipinski definition) is 7. The highest BCUT2D eigenvalue weighted by molar-refractivity contribution is 5.99. The zero-order chi connectivity index (χ0) is 22.1. The first-order valence-electron chi connectivity index (χ1n) is 10.9. The van der Waals surface area contributed by atoms with Crippen molar-refractivity contribution in [1.82, 2.24) is 24.6 Å². The van der Waals surface area contributed by atoms with E-state index in [0.717, 1.165) is 55.9 Å². The lowest BCUT2D eigenvalue weighted by Crippen LogP contribution is -2.43. The Morgan fingerprint density at radius 2 is 2.10 bits per heavy atom. The maximum absolute atomic E-state index is 13.2. The molecule has 3 aliphatic rings. The average Bonchev–Trinajstić information content (AvgIpc) is 3.34. The van der Waals surface area contributed by atoms with Crippen LogP contribution in [0.5, 0.6) is 0 Å². The number of amidine groups is 1. The second kappa shape index (κ2) is 8.66. The van der Waals surface area contributed by atoms with E-state index in [0.29, 0.717) is 18.1 Å². The zero-order valence-corrected chi connectivity index (χ0v) is 18.7. The molecule has 0 aromatic carbocycles. The smallest absolute Gasteiger partial charge is 0.274 e. The van der Waals surface area contributed by atoms with Crippen molar-refractivity contribution in [2.45, 2.75) is 51.6 Å². The fourth-order valence-electron chi connectivity index (χ4n) is 4.45. The van der Waals surface area contributed by atoms with Crippen LogP contribution < -0.4 is 5.73 Å². The molecule has 2 fully saturated rings. The summed E-state index contributed by atoms with van der Waals surface area (Å²) in [5, 5.41) is 10.2. The van der Waals surface area contributed by atoms with E-state index in [9.17, 15) is 4.79 Å². The summed E-state index contributed by atoms with van der Waals surface area (Å²) in [6.07, 6.45) is 7.88. The Morgan fingerprint density at radius 1 is 1.29 bits per heavy atom. The Kier molecular flexibility index (Phi) is 5.95. The Hall–Kier alpha value is -2.94. The van der Waals surface area contributed by atoms with Crippen molar-refractivity contribution in [2.75, 3.05) is 19.6 Å². The number of rotatable bonds is 3. The molecule has 1 aromatic rings. The number of nitrogens with two attached hydrogens (primary N) is 1. The van der Waals surface area contributed by atoms with Gasteiger partial charge in [-0.25, -0.2) is 10.0 Å². The molecule has 9 heteroatoms. The molecule has 0 aliphatic carbocycles. The van der Waals surface area contributed by atoms with Crippen molar-refractivity contribution >= 4 is 18.5 Å². The number of nitrogens with zero attached hydrogens (tertiary/aromatic N) is 7. The summed E-state index contributed by atoms with van der Waals surface area (Å²) in [6, 6.07) is 1.95. The van der Waals surface area contributed by atoms with Crippen LogP contribution in [-0.2, 0) is 7.05 Å². The topological polar surface area (TPSA) is 95.4 Å². The molecule has 0 spiro atoms. The molecule has 0 saturated carbocycles. The molecule has 2 saturated heterocycles. The fourth-order valence-corrected chi connectivity index (χ4v) is 4.45. The number of amides is 1. The third-order valence-corrected chi connectivity index (χ3v) is 6.28. The summed E-state index contributed by atoms with van der Waals surface area (Å²) in [5.74, 6) is 1.58. The number of piperidine rings is 1. The molecule has 4 heterocycles. The number of carbonyl (C=O) groups is 1. The second-order valence-corrected chi connectivity index (χ2v) is 8.61. The summed E-state index contributed by atoms with van der Waals surface area (Å²) in [4.78, 5) is 22.3. The van der Waals surface area contributed by atoms with Crippen LogP contribution in [0.3, 0.4) is 0 Å². The highest BCUT2D eigenvalue weighted by Gasteiger charge is 2.31. The number of aliphatic imine (C=N–C) groups is 1. The van der Waals surface area contributed by atoms with Crippen LogP contribution in [0.1, 0.15) is 48.8 Å². The molecular weight excluding hydrogens is 392 g/mol. The summed E-state index contributed by atoms with van der Waals surface area (Å²) in [7, 11) is 1.85. The minimum atomic E-state index is -0.0690. The summed E-state index contributed by atoms with van der Waals surface area (Å²) in [6.45, 7) is 10.1. The molecule has 3 aliphatic heterocycles. The van der Waals surface area contributed by atoms with Crippen molar-refractivity contribution in [1.29, 1.82) is 0 Å². The Balaban J connectivity index is 1.63. The predicted molar refractivity (Wildman–Crippen MR) is 121 cm³/mol. The Morgan fingerprint density at radius 3 is 2.74 bits per heavy atom. The van der Waals surface area contributed by atoms with Crippen molar-refractivity contribution < 1.29 is 4.79 Å². The molecule has 1 unspecified atom stereocenters. The van der Waals surface area contributed by atoms with Gasteiger partial charge in [-0.15, -0.1) is 0 Å². The minimum Gasteiger partial charge on any atom is -0.355 e. The van der Waals surface area contributed by atoms with E-state index in [4.69, 9.17) is 10.7 Å². The lowest BCUT2D eigenvalue weighted by atomic mass is 10.0. The lowest BCUT2D eigenvalue weighted by Gasteiger charge is -2.35. The maximum atomic E-state index is 13.2. The van der Waals surface area contributed by atoms with E-state index < -0.39 is 0 Å². The zero-order valence-electron chi connectivity index (χ0n) is 18.7. The van der Waals surface area contributed by atoms with E-state index in [1.165, 1.54) is 0 Å². The van der Waals surface area contributed by atoms with E-state index in [-0.39, 0.29) is 18.0 Å². The van der Waals surface area contributed by atoms with E-state index in [2.05, 4.69) is 21.8 Å². The normalized spacial score (nSPS) is 25.7. The molecule has 31 heavy (non-hydrogen) atoms. The third-order valence-electron chi connectivity index (χ3n) is 6.28. The average molecular weight is 425 g/mol. The Bertz CT molecular complexity index is 939. The molecule has 2 N–H and O–H groups in total. The second-order valence-electron chi connectivity index (χ2n) is 8.61. The maximum Gasteiger partial charge on any atom is 0.274 e. The molecule has 166 valence electrons. The van der Waals surface area contributed by atoms with Gasteiger partial charge in [0.25, 0.3) is 5.91 Å². The minimum absolute atomic E-state index is 0.0411. The van der Waals surface area contributed by atoms with E-state index >= 15 is 0 Å². The van der Waals surface area contributed by atoms with Crippen LogP contribution in [0, 0.1) is 6.92 Å². The first kappa shape index (κ1) is 21.3. The molecule has 9 nitrogen and oxygen atoms in total. The monoisotopic (exact) mass is 424 g/mol. The largest absolute Gasteiger partial charge is 0.355 e. The number of aryl methyl sites for hydroxylation is 2. The molecule has 4 rings (SSSR count). The van der Waals surface area contributed by atoms with Gasteiger partial charge >= 0.3 is 0 Å². The quantitative estimate of drug-likeness (QED) is 0.747. The SMILES string of the molecule is C=NN1C=C(C)C(N2CC[C@H](N)C2)=N/C1=C/C1CCCCN1C(=O)c1cc(C)n(C)n1. The van der Waals surface area contributed by atoms with Gasteiger partial charge < -0.3 is 15.5 Å². The van der Waals surface area contributed by atoms with Crippen LogP contribution in [0.4, 0.5) is 0 Å². The number of hydrogen-bond donors (Lipinski definition) is 1. The molecular formula is C22H32N8O. The van der Waals surface area contributed by atoms with Gasteiger partial charge in [-0.1, -0.05) is 0 Å². The van der Waals surface area contributed by atoms with Gasteiger partial charge in [0.15, 0.2) is 11.5 Å².